The highest BCUT2D eigenvalue weighted by atomic mass is 16.6. The van der Waals surface area contributed by atoms with Gasteiger partial charge in [-0.2, -0.15) is 0 Å². The number of rotatable bonds is 0. The summed E-state index contributed by atoms with van der Waals surface area (Å²) < 4.78 is 8.28. The molecular weight excluding hydrogens is 111 g/mol. The van der Waals surface area contributed by atoms with E-state index in [1.807, 2.05) is 0 Å². The van der Waals surface area contributed by atoms with E-state index in [9.17, 15) is 9.59 Å². The fourth-order valence-electron chi connectivity index (χ4n) is 0.333. The Hall–Kier alpha value is -0.995. The predicted octanol–water partition coefficient (Wildman–Crippen LogP) is -0.989. The predicted molar refractivity (Wildman–Crippen MR) is 22.6 cm³/mol. The Kier molecular flexibility index (Phi) is 1.19. The summed E-state index contributed by atoms with van der Waals surface area (Å²) in [7, 11) is 0.730. The van der Waals surface area contributed by atoms with Crippen molar-refractivity contribution >= 4 is 19.6 Å². The Balaban J connectivity index is 2.45. The zero-order valence-electron chi connectivity index (χ0n) is 3.92. The lowest BCUT2D eigenvalue weighted by Crippen LogP contribution is -2.25. The van der Waals surface area contributed by atoms with E-state index < -0.39 is 11.9 Å². The molecule has 1 heterocycles. The molecule has 0 amide bonds. The number of hydrogen-bond donors (Lipinski definition) is 0. The van der Waals surface area contributed by atoms with E-state index in [0.717, 1.165) is 7.69 Å². The molecule has 1 aliphatic rings. The normalized spacial score (nSPS) is 18.5. The average Bonchev–Trinajstić information content (AvgIpc) is 1.64. The molecule has 0 aliphatic carbocycles. The molecule has 5 heteroatoms. The SMILES string of the molecule is O=C1CC(=O)O[B]O1. The van der Waals surface area contributed by atoms with Crippen LogP contribution >= 0.6 is 0 Å². The molecule has 0 unspecified atom stereocenters. The van der Waals surface area contributed by atoms with Gasteiger partial charge in [0.05, 0.1) is 0 Å². The lowest BCUT2D eigenvalue weighted by atomic mass is 10.3. The van der Waals surface area contributed by atoms with Gasteiger partial charge in [0.15, 0.2) is 0 Å². The maximum Gasteiger partial charge on any atom is 0.662 e. The van der Waals surface area contributed by atoms with Gasteiger partial charge in [-0.15, -0.1) is 0 Å². The van der Waals surface area contributed by atoms with Crippen LogP contribution in [0.25, 0.3) is 0 Å². The maximum absolute atomic E-state index is 10.1. The molecule has 0 aromatic heterocycles. The van der Waals surface area contributed by atoms with Crippen LogP contribution in [0.15, 0.2) is 0 Å². The summed E-state index contributed by atoms with van der Waals surface area (Å²) in [6, 6.07) is 0. The van der Waals surface area contributed by atoms with Crippen molar-refractivity contribution in [3.05, 3.63) is 0 Å². The van der Waals surface area contributed by atoms with E-state index in [2.05, 4.69) is 9.31 Å². The van der Waals surface area contributed by atoms with Crippen molar-refractivity contribution < 1.29 is 18.9 Å². The van der Waals surface area contributed by atoms with Crippen LogP contribution in [-0.4, -0.2) is 19.6 Å². The second kappa shape index (κ2) is 1.86. The Morgan fingerprint density at radius 1 is 1.25 bits per heavy atom. The molecule has 1 fully saturated rings. The first-order valence-electron chi connectivity index (χ1n) is 2.00. The van der Waals surface area contributed by atoms with E-state index in [4.69, 9.17) is 0 Å². The molecule has 0 N–H and O–H groups in total. The third-order valence-corrected chi connectivity index (χ3v) is 0.648. The molecule has 0 atom stereocenters. The zero-order valence-corrected chi connectivity index (χ0v) is 3.92. The molecule has 41 valence electrons. The van der Waals surface area contributed by atoms with E-state index in [1.54, 1.807) is 0 Å². The molecule has 8 heavy (non-hydrogen) atoms. The second-order valence-corrected chi connectivity index (χ2v) is 1.25. The minimum Gasteiger partial charge on any atom is -0.499 e. The Morgan fingerprint density at radius 3 is 2.00 bits per heavy atom. The van der Waals surface area contributed by atoms with Crippen LogP contribution in [0.2, 0.25) is 0 Å². The summed E-state index contributed by atoms with van der Waals surface area (Å²) >= 11 is 0. The second-order valence-electron chi connectivity index (χ2n) is 1.25. The minimum absolute atomic E-state index is 0.281. The fourth-order valence-corrected chi connectivity index (χ4v) is 0.333. The van der Waals surface area contributed by atoms with Crippen LogP contribution in [-0.2, 0) is 18.9 Å². The Labute approximate surface area is 46.1 Å². The van der Waals surface area contributed by atoms with Gasteiger partial charge in [0.2, 0.25) is 0 Å². The van der Waals surface area contributed by atoms with Crippen molar-refractivity contribution in [3.8, 4) is 0 Å². The number of carbonyl (C=O) groups is 2. The molecule has 1 rings (SSSR count). The van der Waals surface area contributed by atoms with Crippen LogP contribution in [0.4, 0.5) is 0 Å². The fraction of sp³-hybridized carbons (Fsp3) is 0.333. The quantitative estimate of drug-likeness (QED) is 0.299. The largest absolute Gasteiger partial charge is 0.662 e. The topological polar surface area (TPSA) is 52.6 Å². The zero-order chi connectivity index (χ0) is 5.98. The van der Waals surface area contributed by atoms with Gasteiger partial charge in [0.25, 0.3) is 0 Å². The maximum atomic E-state index is 10.1. The van der Waals surface area contributed by atoms with Gasteiger partial charge in [-0.05, 0) is 0 Å². The van der Waals surface area contributed by atoms with Gasteiger partial charge >= 0.3 is 19.6 Å². The lowest BCUT2D eigenvalue weighted by molar-refractivity contribution is -0.150. The molecule has 0 bridgehead atoms. The monoisotopic (exact) mass is 113 g/mol. The minimum atomic E-state index is -0.568. The van der Waals surface area contributed by atoms with E-state index in [-0.39, 0.29) is 6.42 Å². The highest BCUT2D eigenvalue weighted by Gasteiger charge is 2.20. The van der Waals surface area contributed by atoms with Gasteiger partial charge in [0, 0.05) is 0 Å². The highest BCUT2D eigenvalue weighted by molar-refractivity contribution is 6.29. The van der Waals surface area contributed by atoms with Gasteiger partial charge in [-0.3, -0.25) is 9.59 Å². The van der Waals surface area contributed by atoms with E-state index in [0.29, 0.717) is 0 Å². The highest BCUT2D eigenvalue weighted by Crippen LogP contribution is 1.95. The van der Waals surface area contributed by atoms with Crippen molar-refractivity contribution in [2.24, 2.45) is 0 Å². The van der Waals surface area contributed by atoms with E-state index in [1.165, 1.54) is 0 Å². The number of hydrogen-bond acceptors (Lipinski definition) is 4. The molecule has 1 saturated heterocycles. The Morgan fingerprint density at radius 2 is 1.75 bits per heavy atom. The van der Waals surface area contributed by atoms with Gasteiger partial charge in [0.1, 0.15) is 6.42 Å². The van der Waals surface area contributed by atoms with Crippen molar-refractivity contribution in [2.45, 2.75) is 6.42 Å². The standard InChI is InChI=1S/C3H2BO4/c5-2-1-3(6)8-4-7-2/h1H2. The van der Waals surface area contributed by atoms with Crippen LogP contribution in [0.5, 0.6) is 0 Å². The van der Waals surface area contributed by atoms with Crippen LogP contribution < -0.4 is 0 Å². The molecule has 4 nitrogen and oxygen atoms in total. The summed E-state index contributed by atoms with van der Waals surface area (Å²) in [5.74, 6) is -1.14. The summed E-state index contributed by atoms with van der Waals surface area (Å²) in [6.07, 6.45) is -0.281. The van der Waals surface area contributed by atoms with Crippen LogP contribution in [0.1, 0.15) is 6.42 Å². The summed E-state index contributed by atoms with van der Waals surface area (Å²) in [6.45, 7) is 0. The lowest BCUT2D eigenvalue weighted by Gasteiger charge is -2.07. The smallest absolute Gasteiger partial charge is 0.499 e. The molecule has 0 aromatic rings. The van der Waals surface area contributed by atoms with Crippen LogP contribution in [0, 0.1) is 0 Å². The van der Waals surface area contributed by atoms with Crippen molar-refractivity contribution in [1.29, 1.82) is 0 Å². The molecule has 0 aromatic carbocycles. The molecule has 1 aliphatic heterocycles. The van der Waals surface area contributed by atoms with Crippen molar-refractivity contribution in [3.63, 3.8) is 0 Å². The van der Waals surface area contributed by atoms with Crippen molar-refractivity contribution in [2.75, 3.05) is 0 Å². The third kappa shape index (κ3) is 0.990. The molecule has 1 radical (unpaired) electrons. The first-order valence-corrected chi connectivity index (χ1v) is 2.00. The van der Waals surface area contributed by atoms with E-state index >= 15 is 0 Å². The summed E-state index contributed by atoms with van der Waals surface area (Å²) in [5, 5.41) is 0. The van der Waals surface area contributed by atoms with Gasteiger partial charge in [-0.25, -0.2) is 0 Å². The first-order chi connectivity index (χ1) is 3.79. The van der Waals surface area contributed by atoms with Gasteiger partial charge < -0.3 is 9.31 Å². The Bertz CT molecular complexity index is 117. The first kappa shape index (κ1) is 5.15. The molecular formula is C3H2BO4. The van der Waals surface area contributed by atoms with Crippen molar-refractivity contribution in [1.82, 2.24) is 0 Å². The van der Waals surface area contributed by atoms with Gasteiger partial charge in [-0.1, -0.05) is 0 Å². The molecule has 0 spiro atoms. The molecule has 0 saturated carbocycles. The summed E-state index contributed by atoms with van der Waals surface area (Å²) in [4.78, 5) is 20.2. The average molecular weight is 113 g/mol. The summed E-state index contributed by atoms with van der Waals surface area (Å²) in [5.41, 5.74) is 0. The van der Waals surface area contributed by atoms with Crippen LogP contribution in [0.3, 0.4) is 0 Å². The number of carbonyl (C=O) groups excluding carboxylic acids is 2. The third-order valence-electron chi connectivity index (χ3n) is 0.648.